The summed E-state index contributed by atoms with van der Waals surface area (Å²) in [6.45, 7) is 2.10. The monoisotopic (exact) mass is 260 g/mol. The number of tetrazole rings is 1. The lowest BCUT2D eigenvalue weighted by atomic mass is 10.1. The Kier molecular flexibility index (Phi) is 3.86. The summed E-state index contributed by atoms with van der Waals surface area (Å²) >= 11 is 0. The third kappa shape index (κ3) is 2.94. The van der Waals surface area contributed by atoms with E-state index in [9.17, 15) is 4.79 Å². The molecule has 0 aliphatic carbocycles. The summed E-state index contributed by atoms with van der Waals surface area (Å²) in [6.07, 6.45) is 0. The van der Waals surface area contributed by atoms with Gasteiger partial charge in [0.25, 0.3) is 0 Å². The molecule has 1 amide bonds. The van der Waals surface area contributed by atoms with Crippen molar-refractivity contribution in [2.24, 2.45) is 18.7 Å². The quantitative estimate of drug-likeness (QED) is 0.829. The minimum absolute atomic E-state index is 0.101. The Morgan fingerprint density at radius 1 is 1.53 bits per heavy atom. The summed E-state index contributed by atoms with van der Waals surface area (Å²) in [4.78, 5) is 11.8. The number of aromatic nitrogens is 4. The summed E-state index contributed by atoms with van der Waals surface area (Å²) in [6, 6.07) is 7.36. The lowest BCUT2D eigenvalue weighted by Crippen LogP contribution is -2.26. The van der Waals surface area contributed by atoms with Crippen molar-refractivity contribution < 1.29 is 4.79 Å². The lowest BCUT2D eigenvalue weighted by molar-refractivity contribution is -0.119. The molecule has 100 valence electrons. The molecule has 1 atom stereocenters. The number of anilines is 1. The van der Waals surface area contributed by atoms with Gasteiger partial charge >= 0.3 is 0 Å². The number of benzene rings is 1. The molecule has 1 aromatic heterocycles. The Balaban J connectivity index is 2.21. The highest BCUT2D eigenvalue weighted by atomic mass is 16.1. The zero-order valence-corrected chi connectivity index (χ0v) is 10.9. The first-order valence-corrected chi connectivity index (χ1v) is 5.95. The van der Waals surface area contributed by atoms with Crippen molar-refractivity contribution in [3.63, 3.8) is 0 Å². The Bertz CT molecular complexity index is 579. The van der Waals surface area contributed by atoms with Crippen molar-refractivity contribution in [3.8, 4) is 11.4 Å². The average molecular weight is 260 g/mol. The summed E-state index contributed by atoms with van der Waals surface area (Å²) < 4.78 is 1.57. The van der Waals surface area contributed by atoms with Gasteiger partial charge in [0.05, 0.1) is 0 Å². The molecule has 1 aromatic carbocycles. The fourth-order valence-electron chi connectivity index (χ4n) is 1.58. The zero-order chi connectivity index (χ0) is 13.8. The smallest absolute Gasteiger partial charge is 0.228 e. The molecule has 2 rings (SSSR count). The van der Waals surface area contributed by atoms with E-state index < -0.39 is 0 Å². The zero-order valence-electron chi connectivity index (χ0n) is 10.9. The minimum atomic E-state index is -0.222. The van der Waals surface area contributed by atoms with E-state index in [1.165, 1.54) is 0 Å². The maximum absolute atomic E-state index is 11.8. The van der Waals surface area contributed by atoms with E-state index in [2.05, 4.69) is 20.8 Å². The van der Waals surface area contributed by atoms with Crippen LogP contribution in [0.25, 0.3) is 11.4 Å². The van der Waals surface area contributed by atoms with Gasteiger partial charge in [-0.3, -0.25) is 4.79 Å². The van der Waals surface area contributed by atoms with E-state index >= 15 is 0 Å². The molecule has 2 aromatic rings. The number of amides is 1. The van der Waals surface area contributed by atoms with E-state index in [1.54, 1.807) is 18.7 Å². The van der Waals surface area contributed by atoms with Crippen LogP contribution < -0.4 is 11.1 Å². The van der Waals surface area contributed by atoms with Crippen molar-refractivity contribution in [2.45, 2.75) is 6.92 Å². The first kappa shape index (κ1) is 13.2. The van der Waals surface area contributed by atoms with Crippen LogP contribution in [0.1, 0.15) is 6.92 Å². The van der Waals surface area contributed by atoms with Gasteiger partial charge in [-0.15, -0.1) is 5.10 Å². The van der Waals surface area contributed by atoms with Crippen LogP contribution in [0.4, 0.5) is 5.69 Å². The summed E-state index contributed by atoms with van der Waals surface area (Å²) in [5, 5.41) is 14.1. The van der Waals surface area contributed by atoms with Crippen molar-refractivity contribution in [3.05, 3.63) is 24.3 Å². The highest BCUT2D eigenvalue weighted by Gasteiger charge is 2.12. The van der Waals surface area contributed by atoms with Gasteiger partial charge in [0.1, 0.15) is 0 Å². The number of nitrogens with one attached hydrogen (secondary N) is 1. The van der Waals surface area contributed by atoms with Gasteiger partial charge in [-0.05, 0) is 22.6 Å². The topological polar surface area (TPSA) is 98.7 Å². The summed E-state index contributed by atoms with van der Waals surface area (Å²) in [7, 11) is 1.76. The Hall–Kier alpha value is -2.28. The predicted molar refractivity (Wildman–Crippen MR) is 71.1 cm³/mol. The number of hydrogen-bond acceptors (Lipinski definition) is 5. The van der Waals surface area contributed by atoms with Crippen LogP contribution in [-0.4, -0.2) is 32.7 Å². The van der Waals surface area contributed by atoms with Gasteiger partial charge < -0.3 is 11.1 Å². The number of rotatable bonds is 4. The summed E-state index contributed by atoms with van der Waals surface area (Å²) in [5.74, 6) is 0.318. The van der Waals surface area contributed by atoms with Crippen LogP contribution in [0.2, 0.25) is 0 Å². The van der Waals surface area contributed by atoms with Crippen LogP contribution in [0, 0.1) is 5.92 Å². The number of carbonyl (C=O) groups excluding carboxylic acids is 1. The third-order valence-corrected chi connectivity index (χ3v) is 2.81. The molecule has 7 heteroatoms. The highest BCUT2D eigenvalue weighted by molar-refractivity contribution is 5.93. The third-order valence-electron chi connectivity index (χ3n) is 2.81. The molecule has 0 saturated heterocycles. The predicted octanol–water partition coefficient (Wildman–Crippen LogP) is 0.410. The molecule has 0 radical (unpaired) electrons. The maximum Gasteiger partial charge on any atom is 0.228 e. The average Bonchev–Trinajstić information content (AvgIpc) is 2.84. The first-order valence-electron chi connectivity index (χ1n) is 5.95. The van der Waals surface area contributed by atoms with E-state index in [0.29, 0.717) is 18.1 Å². The number of nitrogens with two attached hydrogens (primary N) is 1. The second-order valence-electron chi connectivity index (χ2n) is 4.33. The van der Waals surface area contributed by atoms with E-state index in [4.69, 9.17) is 5.73 Å². The van der Waals surface area contributed by atoms with E-state index in [-0.39, 0.29) is 11.8 Å². The molecule has 0 aliphatic rings. The first-order chi connectivity index (χ1) is 9.11. The fourth-order valence-corrected chi connectivity index (χ4v) is 1.58. The van der Waals surface area contributed by atoms with Crippen molar-refractivity contribution >= 4 is 11.6 Å². The molecule has 1 heterocycles. The SMILES string of the molecule is CC(CN)C(=O)Nc1cccc(-c2nnnn2C)c1. The van der Waals surface area contributed by atoms with Crippen molar-refractivity contribution in [1.82, 2.24) is 20.2 Å². The van der Waals surface area contributed by atoms with Crippen LogP contribution >= 0.6 is 0 Å². The van der Waals surface area contributed by atoms with E-state index in [1.807, 2.05) is 24.3 Å². The number of nitrogens with zero attached hydrogens (tertiary/aromatic N) is 4. The van der Waals surface area contributed by atoms with Crippen molar-refractivity contribution in [1.29, 1.82) is 0 Å². The molecule has 0 saturated carbocycles. The molecule has 0 aliphatic heterocycles. The second kappa shape index (κ2) is 5.57. The Labute approximate surface area is 110 Å². The molecule has 3 N–H and O–H groups in total. The van der Waals surface area contributed by atoms with Crippen LogP contribution in [0.3, 0.4) is 0 Å². The normalized spacial score (nSPS) is 12.2. The minimum Gasteiger partial charge on any atom is -0.330 e. The molecule has 0 bridgehead atoms. The van der Waals surface area contributed by atoms with Crippen LogP contribution in [0.5, 0.6) is 0 Å². The standard InChI is InChI=1S/C12H16N6O/c1-8(7-13)12(19)14-10-5-3-4-9(6-10)11-15-16-17-18(11)2/h3-6,8H,7,13H2,1-2H3,(H,14,19). The second-order valence-corrected chi connectivity index (χ2v) is 4.33. The molecule has 19 heavy (non-hydrogen) atoms. The van der Waals surface area contributed by atoms with Gasteiger partial charge in [-0.25, -0.2) is 4.68 Å². The van der Waals surface area contributed by atoms with Gasteiger partial charge in [0, 0.05) is 30.8 Å². The molecule has 0 fully saturated rings. The number of carbonyl (C=O) groups is 1. The van der Waals surface area contributed by atoms with Crippen LogP contribution in [-0.2, 0) is 11.8 Å². The Morgan fingerprint density at radius 3 is 2.95 bits per heavy atom. The number of aryl methyl sites for hydroxylation is 1. The van der Waals surface area contributed by atoms with Gasteiger partial charge in [-0.2, -0.15) is 0 Å². The molecular formula is C12H16N6O. The lowest BCUT2D eigenvalue weighted by Gasteiger charge is -2.10. The molecule has 1 unspecified atom stereocenters. The van der Waals surface area contributed by atoms with E-state index in [0.717, 1.165) is 5.56 Å². The maximum atomic E-state index is 11.8. The number of hydrogen-bond donors (Lipinski definition) is 2. The molecular weight excluding hydrogens is 244 g/mol. The van der Waals surface area contributed by atoms with Crippen LogP contribution in [0.15, 0.2) is 24.3 Å². The van der Waals surface area contributed by atoms with Gasteiger partial charge in [0.2, 0.25) is 5.91 Å². The largest absolute Gasteiger partial charge is 0.330 e. The Morgan fingerprint density at radius 2 is 2.32 bits per heavy atom. The highest BCUT2D eigenvalue weighted by Crippen LogP contribution is 2.19. The fraction of sp³-hybridized carbons (Fsp3) is 0.333. The van der Waals surface area contributed by atoms with Crippen molar-refractivity contribution in [2.75, 3.05) is 11.9 Å². The van der Waals surface area contributed by atoms with Gasteiger partial charge in [0.15, 0.2) is 5.82 Å². The summed E-state index contributed by atoms with van der Waals surface area (Å²) in [5.41, 5.74) is 7.00. The molecule has 0 spiro atoms. The molecule has 7 nitrogen and oxygen atoms in total. The van der Waals surface area contributed by atoms with Gasteiger partial charge in [-0.1, -0.05) is 19.1 Å².